The lowest BCUT2D eigenvalue weighted by Gasteiger charge is -2.33. The van der Waals surface area contributed by atoms with Gasteiger partial charge in [0.1, 0.15) is 0 Å². The summed E-state index contributed by atoms with van der Waals surface area (Å²) in [4.78, 5) is 1.87. The summed E-state index contributed by atoms with van der Waals surface area (Å²) in [7, 11) is 0. The van der Waals surface area contributed by atoms with Crippen LogP contribution in [0.1, 0.15) is 6.92 Å². The van der Waals surface area contributed by atoms with Gasteiger partial charge in [-0.1, -0.05) is 5.16 Å². The van der Waals surface area contributed by atoms with Gasteiger partial charge in [0.05, 0.1) is 0 Å². The van der Waals surface area contributed by atoms with Gasteiger partial charge in [-0.2, -0.15) is 0 Å². The van der Waals surface area contributed by atoms with Crippen molar-refractivity contribution < 1.29 is 5.21 Å². The molecule has 1 heterocycles. The molecule has 11 heavy (non-hydrogen) atoms. The number of guanidine groups is 1. The molecule has 0 aromatic carbocycles. The van der Waals surface area contributed by atoms with Crippen LogP contribution < -0.4 is 11.1 Å². The third kappa shape index (κ3) is 1.74. The number of hydrogen-bond acceptors (Lipinski definition) is 3. The molecule has 0 aliphatic carbocycles. The first-order valence-electron chi connectivity index (χ1n) is 3.70. The molecular formula is C6H14N4O. The fraction of sp³-hybridized carbons (Fsp3) is 0.833. The maximum atomic E-state index is 8.41. The highest BCUT2D eigenvalue weighted by Gasteiger charge is 2.19. The second-order valence-corrected chi connectivity index (χ2v) is 2.70. The zero-order valence-corrected chi connectivity index (χ0v) is 6.62. The van der Waals surface area contributed by atoms with Crippen molar-refractivity contribution in [3.05, 3.63) is 0 Å². The minimum Gasteiger partial charge on any atom is -0.408 e. The zero-order valence-electron chi connectivity index (χ0n) is 6.62. The molecule has 1 aliphatic rings. The van der Waals surface area contributed by atoms with E-state index in [1.54, 1.807) is 0 Å². The zero-order chi connectivity index (χ0) is 8.27. The summed E-state index contributed by atoms with van der Waals surface area (Å²) in [6.07, 6.45) is 0. The highest BCUT2D eigenvalue weighted by Crippen LogP contribution is 2.00. The summed E-state index contributed by atoms with van der Waals surface area (Å²) in [6.45, 7) is 4.61. The SMILES string of the molecule is C[C@@H]1CNCCN1/C(N)=N/O. The van der Waals surface area contributed by atoms with Crippen molar-refractivity contribution in [2.45, 2.75) is 13.0 Å². The monoisotopic (exact) mass is 158 g/mol. The van der Waals surface area contributed by atoms with Crippen molar-refractivity contribution in [2.75, 3.05) is 19.6 Å². The van der Waals surface area contributed by atoms with Crippen LogP contribution in [0.2, 0.25) is 0 Å². The molecule has 0 amide bonds. The van der Waals surface area contributed by atoms with Crippen molar-refractivity contribution in [1.29, 1.82) is 0 Å². The van der Waals surface area contributed by atoms with Crippen molar-refractivity contribution in [1.82, 2.24) is 10.2 Å². The lowest BCUT2D eigenvalue weighted by Crippen LogP contribution is -2.54. The van der Waals surface area contributed by atoms with Crippen molar-refractivity contribution in [3.63, 3.8) is 0 Å². The van der Waals surface area contributed by atoms with E-state index in [9.17, 15) is 0 Å². The third-order valence-corrected chi connectivity index (χ3v) is 1.90. The van der Waals surface area contributed by atoms with Crippen LogP contribution in [-0.4, -0.2) is 41.7 Å². The van der Waals surface area contributed by atoms with E-state index < -0.39 is 0 Å². The molecule has 0 unspecified atom stereocenters. The first-order valence-corrected chi connectivity index (χ1v) is 3.70. The molecule has 0 spiro atoms. The van der Waals surface area contributed by atoms with Gasteiger partial charge in [-0.15, -0.1) is 0 Å². The normalized spacial score (nSPS) is 27.2. The quantitative estimate of drug-likeness (QED) is 0.183. The molecule has 0 aromatic heterocycles. The summed E-state index contributed by atoms with van der Waals surface area (Å²) in [5.74, 6) is 0.207. The molecule has 1 rings (SSSR count). The Hall–Kier alpha value is -0.970. The molecule has 64 valence electrons. The Morgan fingerprint density at radius 2 is 2.55 bits per heavy atom. The minimum absolute atomic E-state index is 0.207. The summed E-state index contributed by atoms with van der Waals surface area (Å²) in [5.41, 5.74) is 5.44. The first-order chi connectivity index (χ1) is 5.25. The van der Waals surface area contributed by atoms with Gasteiger partial charge < -0.3 is 21.2 Å². The van der Waals surface area contributed by atoms with E-state index in [1.165, 1.54) is 0 Å². The van der Waals surface area contributed by atoms with E-state index in [-0.39, 0.29) is 5.96 Å². The van der Waals surface area contributed by atoms with E-state index in [2.05, 4.69) is 10.5 Å². The second kappa shape index (κ2) is 3.43. The Morgan fingerprint density at radius 1 is 1.82 bits per heavy atom. The highest BCUT2D eigenvalue weighted by atomic mass is 16.4. The molecule has 5 nitrogen and oxygen atoms in total. The lowest BCUT2D eigenvalue weighted by atomic mass is 10.2. The topological polar surface area (TPSA) is 73.9 Å². The Kier molecular flexibility index (Phi) is 2.53. The largest absolute Gasteiger partial charge is 0.408 e. The molecule has 1 atom stereocenters. The third-order valence-electron chi connectivity index (χ3n) is 1.90. The molecule has 4 N–H and O–H groups in total. The van der Waals surface area contributed by atoms with E-state index >= 15 is 0 Å². The van der Waals surface area contributed by atoms with Gasteiger partial charge in [-0.25, -0.2) is 0 Å². The number of nitrogens with two attached hydrogens (primary N) is 1. The van der Waals surface area contributed by atoms with Gasteiger partial charge in [0, 0.05) is 25.7 Å². The maximum absolute atomic E-state index is 8.41. The predicted octanol–water partition coefficient (Wildman–Crippen LogP) is -1.02. The van der Waals surface area contributed by atoms with Crippen molar-refractivity contribution >= 4 is 5.96 Å². The summed E-state index contributed by atoms with van der Waals surface area (Å²) in [6, 6.07) is 0.305. The van der Waals surface area contributed by atoms with Crippen LogP contribution >= 0.6 is 0 Å². The molecule has 1 saturated heterocycles. The molecule has 0 aromatic rings. The first kappa shape index (κ1) is 8.13. The van der Waals surface area contributed by atoms with Crippen LogP contribution in [0.5, 0.6) is 0 Å². The van der Waals surface area contributed by atoms with Gasteiger partial charge in [0.2, 0.25) is 5.96 Å². The predicted molar refractivity (Wildman–Crippen MR) is 42.4 cm³/mol. The van der Waals surface area contributed by atoms with Crippen molar-refractivity contribution in [2.24, 2.45) is 10.9 Å². The fourth-order valence-corrected chi connectivity index (χ4v) is 1.24. The lowest BCUT2D eigenvalue weighted by molar-refractivity contribution is 0.246. The number of nitrogens with zero attached hydrogens (tertiary/aromatic N) is 2. The minimum atomic E-state index is 0.207. The van der Waals surface area contributed by atoms with Crippen molar-refractivity contribution in [3.8, 4) is 0 Å². The smallest absolute Gasteiger partial charge is 0.233 e. The molecule has 1 aliphatic heterocycles. The number of nitrogens with one attached hydrogen (secondary N) is 1. The average molecular weight is 158 g/mol. The van der Waals surface area contributed by atoms with Crippen LogP contribution in [-0.2, 0) is 0 Å². The summed E-state index contributed by atoms with van der Waals surface area (Å²) < 4.78 is 0. The van der Waals surface area contributed by atoms with Crippen LogP contribution in [0.4, 0.5) is 0 Å². The van der Waals surface area contributed by atoms with E-state index in [0.29, 0.717) is 6.04 Å². The summed E-state index contributed by atoms with van der Waals surface area (Å²) in [5, 5.41) is 14.6. The van der Waals surface area contributed by atoms with Gasteiger partial charge in [0.25, 0.3) is 0 Å². The van der Waals surface area contributed by atoms with E-state index in [4.69, 9.17) is 10.9 Å². The molecule has 0 radical (unpaired) electrons. The number of oxime groups is 1. The molecular weight excluding hydrogens is 144 g/mol. The Bertz CT molecular complexity index is 159. The Labute approximate surface area is 65.9 Å². The van der Waals surface area contributed by atoms with Crippen LogP contribution in [0.15, 0.2) is 5.16 Å². The standard InChI is InChI=1S/C6H14N4O/c1-5-4-8-2-3-10(5)6(7)9-11/h5,8,11H,2-4H2,1H3,(H2,7,9)/t5-/m1/s1. The van der Waals surface area contributed by atoms with Gasteiger partial charge in [-0.3, -0.25) is 0 Å². The number of piperazine rings is 1. The van der Waals surface area contributed by atoms with Crippen LogP contribution in [0.3, 0.4) is 0 Å². The van der Waals surface area contributed by atoms with E-state index in [0.717, 1.165) is 19.6 Å². The van der Waals surface area contributed by atoms with Gasteiger partial charge >= 0.3 is 0 Å². The van der Waals surface area contributed by atoms with Gasteiger partial charge in [-0.05, 0) is 6.92 Å². The van der Waals surface area contributed by atoms with E-state index in [1.807, 2.05) is 11.8 Å². The molecule has 0 saturated carbocycles. The van der Waals surface area contributed by atoms with Crippen LogP contribution in [0, 0.1) is 0 Å². The number of rotatable bonds is 0. The molecule has 0 bridgehead atoms. The Balaban J connectivity index is 2.54. The highest BCUT2D eigenvalue weighted by molar-refractivity contribution is 5.77. The maximum Gasteiger partial charge on any atom is 0.233 e. The van der Waals surface area contributed by atoms with Gasteiger partial charge in [0.15, 0.2) is 0 Å². The fourth-order valence-electron chi connectivity index (χ4n) is 1.24. The van der Waals surface area contributed by atoms with Crippen LogP contribution in [0.25, 0.3) is 0 Å². The molecule has 1 fully saturated rings. The Morgan fingerprint density at radius 3 is 3.09 bits per heavy atom. The number of hydrogen-bond donors (Lipinski definition) is 3. The average Bonchev–Trinajstić information content (AvgIpc) is 2.04. The second-order valence-electron chi connectivity index (χ2n) is 2.70. The summed E-state index contributed by atoms with van der Waals surface area (Å²) >= 11 is 0. The molecule has 5 heteroatoms.